The minimum atomic E-state index is -0.0761. The summed E-state index contributed by atoms with van der Waals surface area (Å²) < 4.78 is 13.7. The molecule has 0 aromatic heterocycles. The first-order valence-electron chi connectivity index (χ1n) is 6.29. The lowest BCUT2D eigenvalue weighted by Gasteiger charge is -2.30. The van der Waals surface area contributed by atoms with E-state index in [1.807, 2.05) is 12.1 Å². The maximum atomic E-state index is 13.7. The summed E-state index contributed by atoms with van der Waals surface area (Å²) in [6.07, 6.45) is 5.06. The molecule has 0 radical (unpaired) electrons. The standard InChI is InChI=1S/C14H20FN/c1-2-16-14(10-11-6-5-7-11)12-8-3-4-9-13(12)15/h3-4,8-9,11,14,16H,2,5-7,10H2,1H3. The highest BCUT2D eigenvalue weighted by Gasteiger charge is 2.23. The molecule has 1 unspecified atom stereocenters. The van der Waals surface area contributed by atoms with Crippen molar-refractivity contribution in [3.05, 3.63) is 35.6 Å². The van der Waals surface area contributed by atoms with Gasteiger partial charge in [-0.05, 0) is 24.9 Å². The van der Waals surface area contributed by atoms with Crippen molar-refractivity contribution in [2.24, 2.45) is 5.92 Å². The Labute approximate surface area is 97.1 Å². The molecule has 1 nitrogen and oxygen atoms in total. The largest absolute Gasteiger partial charge is 0.310 e. The van der Waals surface area contributed by atoms with Crippen LogP contribution in [0.4, 0.5) is 4.39 Å². The van der Waals surface area contributed by atoms with Gasteiger partial charge in [-0.25, -0.2) is 4.39 Å². The Morgan fingerprint density at radius 2 is 2.12 bits per heavy atom. The molecule has 1 fully saturated rings. The molecule has 2 heteroatoms. The van der Waals surface area contributed by atoms with Crippen molar-refractivity contribution in [1.82, 2.24) is 5.32 Å². The highest BCUT2D eigenvalue weighted by Crippen LogP contribution is 2.35. The number of benzene rings is 1. The second kappa shape index (κ2) is 5.44. The van der Waals surface area contributed by atoms with Crippen LogP contribution in [0.3, 0.4) is 0 Å². The van der Waals surface area contributed by atoms with Gasteiger partial charge in [0, 0.05) is 11.6 Å². The van der Waals surface area contributed by atoms with Crippen LogP contribution in [-0.4, -0.2) is 6.54 Å². The van der Waals surface area contributed by atoms with Gasteiger partial charge in [0.25, 0.3) is 0 Å². The van der Waals surface area contributed by atoms with Crippen LogP contribution in [0.1, 0.15) is 44.2 Å². The van der Waals surface area contributed by atoms with Crippen LogP contribution in [0.15, 0.2) is 24.3 Å². The predicted octanol–water partition coefficient (Wildman–Crippen LogP) is 3.67. The average Bonchev–Trinajstić information content (AvgIpc) is 2.23. The van der Waals surface area contributed by atoms with Crippen molar-refractivity contribution in [3.63, 3.8) is 0 Å². The molecule has 0 saturated heterocycles. The van der Waals surface area contributed by atoms with Gasteiger partial charge in [0.2, 0.25) is 0 Å². The maximum Gasteiger partial charge on any atom is 0.127 e. The molecule has 1 saturated carbocycles. The molecule has 1 aromatic rings. The zero-order chi connectivity index (χ0) is 11.4. The minimum Gasteiger partial charge on any atom is -0.310 e. The molecule has 1 aliphatic rings. The van der Waals surface area contributed by atoms with Crippen LogP contribution in [0.5, 0.6) is 0 Å². The van der Waals surface area contributed by atoms with E-state index in [-0.39, 0.29) is 11.9 Å². The molecule has 0 bridgehead atoms. The predicted molar refractivity (Wildman–Crippen MR) is 64.8 cm³/mol. The SMILES string of the molecule is CCNC(CC1CCC1)c1ccccc1F. The molecule has 0 amide bonds. The van der Waals surface area contributed by atoms with E-state index in [1.54, 1.807) is 12.1 Å². The van der Waals surface area contributed by atoms with Gasteiger partial charge in [0.1, 0.15) is 5.82 Å². The molecule has 1 N–H and O–H groups in total. The molecular weight excluding hydrogens is 201 g/mol. The molecule has 1 aliphatic carbocycles. The van der Waals surface area contributed by atoms with E-state index < -0.39 is 0 Å². The van der Waals surface area contributed by atoms with Crippen molar-refractivity contribution >= 4 is 0 Å². The number of halogens is 1. The zero-order valence-electron chi connectivity index (χ0n) is 9.88. The molecule has 0 spiro atoms. The summed E-state index contributed by atoms with van der Waals surface area (Å²) >= 11 is 0. The fourth-order valence-corrected chi connectivity index (χ4v) is 2.39. The number of rotatable bonds is 5. The molecule has 0 heterocycles. The Balaban J connectivity index is 2.08. The zero-order valence-corrected chi connectivity index (χ0v) is 9.88. The van der Waals surface area contributed by atoms with E-state index in [0.29, 0.717) is 0 Å². The Hall–Kier alpha value is -0.890. The highest BCUT2D eigenvalue weighted by molar-refractivity contribution is 5.21. The average molecular weight is 221 g/mol. The third kappa shape index (κ3) is 2.62. The monoisotopic (exact) mass is 221 g/mol. The Morgan fingerprint density at radius 1 is 1.38 bits per heavy atom. The van der Waals surface area contributed by atoms with Gasteiger partial charge < -0.3 is 5.32 Å². The molecular formula is C14H20FN. The van der Waals surface area contributed by atoms with Crippen molar-refractivity contribution in [3.8, 4) is 0 Å². The molecule has 16 heavy (non-hydrogen) atoms. The van der Waals surface area contributed by atoms with E-state index in [2.05, 4.69) is 12.2 Å². The summed E-state index contributed by atoms with van der Waals surface area (Å²) in [7, 11) is 0. The second-order valence-corrected chi connectivity index (χ2v) is 4.66. The Bertz CT molecular complexity index is 333. The Morgan fingerprint density at radius 3 is 2.69 bits per heavy atom. The molecule has 1 atom stereocenters. The van der Waals surface area contributed by atoms with Gasteiger partial charge in [-0.15, -0.1) is 0 Å². The second-order valence-electron chi connectivity index (χ2n) is 4.66. The van der Waals surface area contributed by atoms with E-state index in [0.717, 1.165) is 24.4 Å². The summed E-state index contributed by atoms with van der Waals surface area (Å²) in [6, 6.07) is 7.33. The number of hydrogen-bond donors (Lipinski definition) is 1. The van der Waals surface area contributed by atoms with Gasteiger partial charge in [0.05, 0.1) is 0 Å². The highest BCUT2D eigenvalue weighted by atomic mass is 19.1. The minimum absolute atomic E-state index is 0.0761. The lowest BCUT2D eigenvalue weighted by atomic mass is 9.79. The maximum absolute atomic E-state index is 13.7. The van der Waals surface area contributed by atoms with Crippen molar-refractivity contribution in [2.75, 3.05) is 6.54 Å². The fourth-order valence-electron chi connectivity index (χ4n) is 2.39. The van der Waals surface area contributed by atoms with E-state index in [4.69, 9.17) is 0 Å². The van der Waals surface area contributed by atoms with Crippen molar-refractivity contribution in [1.29, 1.82) is 0 Å². The van der Waals surface area contributed by atoms with Gasteiger partial charge >= 0.3 is 0 Å². The van der Waals surface area contributed by atoms with Crippen molar-refractivity contribution < 1.29 is 4.39 Å². The third-order valence-corrected chi connectivity index (χ3v) is 3.52. The van der Waals surface area contributed by atoms with Gasteiger partial charge in [-0.1, -0.05) is 44.4 Å². The number of hydrogen-bond acceptors (Lipinski definition) is 1. The van der Waals surface area contributed by atoms with Crippen molar-refractivity contribution in [2.45, 2.75) is 38.6 Å². The molecule has 0 aliphatic heterocycles. The first-order chi connectivity index (χ1) is 7.81. The van der Waals surface area contributed by atoms with E-state index in [9.17, 15) is 4.39 Å². The van der Waals surface area contributed by atoms with Crippen LogP contribution < -0.4 is 5.32 Å². The number of nitrogens with one attached hydrogen (secondary N) is 1. The first-order valence-corrected chi connectivity index (χ1v) is 6.29. The lowest BCUT2D eigenvalue weighted by molar-refractivity contribution is 0.260. The normalized spacial score (nSPS) is 18.1. The fraction of sp³-hybridized carbons (Fsp3) is 0.571. The summed E-state index contributed by atoms with van der Waals surface area (Å²) in [5.41, 5.74) is 0.830. The van der Waals surface area contributed by atoms with Gasteiger partial charge in [0.15, 0.2) is 0 Å². The summed E-state index contributed by atoms with van der Waals surface area (Å²) in [5.74, 6) is 0.719. The first kappa shape index (κ1) is 11.6. The summed E-state index contributed by atoms with van der Waals surface area (Å²) in [6.45, 7) is 2.97. The van der Waals surface area contributed by atoms with Crippen LogP contribution in [0.25, 0.3) is 0 Å². The van der Waals surface area contributed by atoms with Gasteiger partial charge in [-0.3, -0.25) is 0 Å². The topological polar surface area (TPSA) is 12.0 Å². The quantitative estimate of drug-likeness (QED) is 0.800. The van der Waals surface area contributed by atoms with Gasteiger partial charge in [-0.2, -0.15) is 0 Å². The molecule has 88 valence electrons. The molecule has 1 aromatic carbocycles. The van der Waals surface area contributed by atoms with Crippen LogP contribution in [-0.2, 0) is 0 Å². The smallest absolute Gasteiger partial charge is 0.127 e. The van der Waals surface area contributed by atoms with E-state index in [1.165, 1.54) is 19.3 Å². The summed E-state index contributed by atoms with van der Waals surface area (Å²) in [4.78, 5) is 0. The molecule has 2 rings (SSSR count). The third-order valence-electron chi connectivity index (χ3n) is 3.52. The van der Waals surface area contributed by atoms with Crippen LogP contribution in [0, 0.1) is 11.7 Å². The Kier molecular flexibility index (Phi) is 3.94. The van der Waals surface area contributed by atoms with Crippen LogP contribution in [0.2, 0.25) is 0 Å². The summed E-state index contributed by atoms with van der Waals surface area (Å²) in [5, 5.41) is 3.40. The van der Waals surface area contributed by atoms with E-state index >= 15 is 0 Å². The van der Waals surface area contributed by atoms with Crippen LogP contribution >= 0.6 is 0 Å². The lowest BCUT2D eigenvalue weighted by Crippen LogP contribution is -2.26.